The van der Waals surface area contributed by atoms with Crippen LogP contribution in [-0.2, 0) is 23.9 Å². The topological polar surface area (TPSA) is 51.2 Å². The summed E-state index contributed by atoms with van der Waals surface area (Å²) in [6, 6.07) is 8.74. The fourth-order valence-electron chi connectivity index (χ4n) is 3.74. The number of amides is 1. The van der Waals surface area contributed by atoms with E-state index in [1.165, 1.54) is 33.5 Å². The Morgan fingerprint density at radius 1 is 0.875 bits per heavy atom. The Bertz CT molecular complexity index is 899. The van der Waals surface area contributed by atoms with E-state index in [1.54, 1.807) is 17.0 Å². The van der Waals surface area contributed by atoms with E-state index in [4.69, 9.17) is 14.2 Å². The summed E-state index contributed by atoms with van der Waals surface area (Å²) in [6.07, 6.45) is -4.13. The van der Waals surface area contributed by atoms with Crippen LogP contribution in [0.4, 0.5) is 13.2 Å². The maximum atomic E-state index is 12.8. The Kier molecular flexibility index (Phi) is 7.50. The molecule has 1 aliphatic rings. The highest BCUT2D eigenvalue weighted by Gasteiger charge is 2.30. The van der Waals surface area contributed by atoms with Gasteiger partial charge in [-0.3, -0.25) is 9.69 Å². The first-order chi connectivity index (χ1) is 15.2. The van der Waals surface area contributed by atoms with Gasteiger partial charge in [0.15, 0.2) is 11.5 Å². The van der Waals surface area contributed by atoms with E-state index in [1.807, 2.05) is 0 Å². The van der Waals surface area contributed by atoms with Crippen LogP contribution in [0.3, 0.4) is 0 Å². The van der Waals surface area contributed by atoms with Crippen molar-refractivity contribution < 1.29 is 32.2 Å². The maximum Gasteiger partial charge on any atom is 0.416 e. The molecular weight excluding hydrogens is 425 g/mol. The number of carbonyl (C=O) groups excluding carboxylic acids is 1. The SMILES string of the molecule is COc1cc(CC(=O)N2CCN(Cc3ccc(C(F)(F)F)cc3)CC2)cc(OC)c1OC. The van der Waals surface area contributed by atoms with Gasteiger partial charge in [-0.1, -0.05) is 12.1 Å². The van der Waals surface area contributed by atoms with Crippen LogP contribution in [0.5, 0.6) is 17.2 Å². The lowest BCUT2D eigenvalue weighted by Crippen LogP contribution is -2.48. The van der Waals surface area contributed by atoms with Gasteiger partial charge in [0.2, 0.25) is 11.7 Å². The van der Waals surface area contributed by atoms with Crippen LogP contribution in [0.2, 0.25) is 0 Å². The molecule has 1 aliphatic heterocycles. The molecule has 0 unspecified atom stereocenters. The third kappa shape index (κ3) is 5.64. The lowest BCUT2D eigenvalue weighted by molar-refractivity contribution is -0.137. The zero-order valence-electron chi connectivity index (χ0n) is 18.4. The molecule has 0 aliphatic carbocycles. The summed E-state index contributed by atoms with van der Waals surface area (Å²) >= 11 is 0. The molecule has 3 rings (SSSR count). The van der Waals surface area contributed by atoms with Gasteiger partial charge in [-0.2, -0.15) is 13.2 Å². The predicted molar refractivity (Wildman–Crippen MR) is 113 cm³/mol. The van der Waals surface area contributed by atoms with Gasteiger partial charge in [0.1, 0.15) is 0 Å². The summed E-state index contributed by atoms with van der Waals surface area (Å²) in [5.41, 5.74) is 0.926. The van der Waals surface area contributed by atoms with Gasteiger partial charge in [-0.25, -0.2) is 0 Å². The Morgan fingerprint density at radius 2 is 1.44 bits per heavy atom. The lowest BCUT2D eigenvalue weighted by Gasteiger charge is -2.35. The number of benzene rings is 2. The van der Waals surface area contributed by atoms with Crippen LogP contribution in [-0.4, -0.2) is 63.2 Å². The summed E-state index contributed by atoms with van der Waals surface area (Å²) in [4.78, 5) is 16.7. The molecule has 0 N–H and O–H groups in total. The Balaban J connectivity index is 1.55. The highest BCUT2D eigenvalue weighted by molar-refractivity contribution is 5.79. The second kappa shape index (κ2) is 10.1. The molecule has 2 aromatic carbocycles. The van der Waals surface area contributed by atoms with Crippen LogP contribution < -0.4 is 14.2 Å². The largest absolute Gasteiger partial charge is 0.493 e. The summed E-state index contributed by atoms with van der Waals surface area (Å²) < 4.78 is 54.1. The molecule has 0 bridgehead atoms. The van der Waals surface area contributed by atoms with Crippen molar-refractivity contribution >= 4 is 5.91 Å². The van der Waals surface area contributed by atoms with Gasteiger partial charge in [-0.15, -0.1) is 0 Å². The highest BCUT2D eigenvalue weighted by atomic mass is 19.4. The predicted octanol–water partition coefficient (Wildman–Crippen LogP) is 3.62. The number of rotatable bonds is 7. The van der Waals surface area contributed by atoms with Crippen molar-refractivity contribution in [3.8, 4) is 17.2 Å². The Hall–Kier alpha value is -2.94. The van der Waals surface area contributed by atoms with Crippen molar-refractivity contribution in [2.24, 2.45) is 0 Å². The molecule has 0 atom stereocenters. The number of hydrogen-bond acceptors (Lipinski definition) is 5. The van der Waals surface area contributed by atoms with Gasteiger partial charge >= 0.3 is 6.18 Å². The summed E-state index contributed by atoms with van der Waals surface area (Å²) in [5.74, 6) is 1.46. The zero-order chi connectivity index (χ0) is 23.3. The van der Waals surface area contributed by atoms with Crippen LogP contribution in [0.15, 0.2) is 36.4 Å². The van der Waals surface area contributed by atoms with E-state index in [0.29, 0.717) is 50.0 Å². The van der Waals surface area contributed by atoms with Crippen molar-refractivity contribution in [1.29, 1.82) is 0 Å². The fraction of sp³-hybridized carbons (Fsp3) is 0.435. The molecule has 9 heteroatoms. The molecule has 1 heterocycles. The van der Waals surface area contributed by atoms with Gasteiger partial charge in [0.25, 0.3) is 0 Å². The summed E-state index contributed by atoms with van der Waals surface area (Å²) in [5, 5.41) is 0. The average Bonchev–Trinajstić information content (AvgIpc) is 2.78. The molecular formula is C23H27F3N2O4. The molecule has 0 saturated carbocycles. The fourth-order valence-corrected chi connectivity index (χ4v) is 3.74. The standard InChI is InChI=1S/C23H27F3N2O4/c1-30-19-12-17(13-20(31-2)22(19)32-3)14-21(29)28-10-8-27(9-11-28)15-16-4-6-18(7-5-16)23(24,25)26/h4-7,12-13H,8-11,14-15H2,1-3H3. The Labute approximate surface area is 185 Å². The first-order valence-electron chi connectivity index (χ1n) is 10.2. The van der Waals surface area contributed by atoms with Crippen LogP contribution in [0, 0.1) is 0 Å². The number of hydrogen-bond donors (Lipinski definition) is 0. The van der Waals surface area contributed by atoms with Crippen molar-refractivity contribution in [2.45, 2.75) is 19.1 Å². The average molecular weight is 452 g/mol. The quantitative estimate of drug-likeness (QED) is 0.643. The molecule has 0 spiro atoms. The highest BCUT2D eigenvalue weighted by Crippen LogP contribution is 2.38. The van der Waals surface area contributed by atoms with E-state index in [2.05, 4.69) is 4.90 Å². The minimum Gasteiger partial charge on any atom is -0.493 e. The smallest absolute Gasteiger partial charge is 0.416 e. The second-order valence-electron chi connectivity index (χ2n) is 7.56. The molecule has 1 fully saturated rings. The number of ether oxygens (including phenoxy) is 3. The molecule has 1 amide bonds. The number of methoxy groups -OCH3 is 3. The van der Waals surface area contributed by atoms with Crippen molar-refractivity contribution in [3.05, 3.63) is 53.1 Å². The van der Waals surface area contributed by atoms with E-state index in [0.717, 1.165) is 23.3 Å². The number of alkyl halides is 3. The first kappa shape index (κ1) is 23.7. The normalized spacial score (nSPS) is 14.9. The van der Waals surface area contributed by atoms with Crippen LogP contribution in [0.25, 0.3) is 0 Å². The second-order valence-corrected chi connectivity index (χ2v) is 7.56. The molecule has 0 aromatic heterocycles. The van der Waals surface area contributed by atoms with Crippen LogP contribution >= 0.6 is 0 Å². The number of carbonyl (C=O) groups is 1. The number of nitrogens with zero attached hydrogens (tertiary/aromatic N) is 2. The van der Waals surface area contributed by atoms with Crippen LogP contribution in [0.1, 0.15) is 16.7 Å². The zero-order valence-corrected chi connectivity index (χ0v) is 18.4. The van der Waals surface area contributed by atoms with Gasteiger partial charge in [0, 0.05) is 32.7 Å². The number of halogens is 3. The van der Waals surface area contributed by atoms with Crippen molar-refractivity contribution in [3.63, 3.8) is 0 Å². The van der Waals surface area contributed by atoms with Crippen molar-refractivity contribution in [2.75, 3.05) is 47.5 Å². The molecule has 174 valence electrons. The van der Waals surface area contributed by atoms with E-state index in [-0.39, 0.29) is 12.3 Å². The third-order valence-corrected chi connectivity index (χ3v) is 5.49. The van der Waals surface area contributed by atoms with E-state index < -0.39 is 11.7 Å². The number of piperazine rings is 1. The first-order valence-corrected chi connectivity index (χ1v) is 10.2. The van der Waals surface area contributed by atoms with E-state index in [9.17, 15) is 18.0 Å². The minimum atomic E-state index is -4.33. The molecule has 2 aromatic rings. The molecule has 6 nitrogen and oxygen atoms in total. The molecule has 1 saturated heterocycles. The minimum absolute atomic E-state index is 0.00606. The molecule has 0 radical (unpaired) electrons. The summed E-state index contributed by atoms with van der Waals surface area (Å²) in [7, 11) is 4.58. The summed E-state index contributed by atoms with van der Waals surface area (Å²) in [6.45, 7) is 2.98. The van der Waals surface area contributed by atoms with E-state index >= 15 is 0 Å². The maximum absolute atomic E-state index is 12.8. The molecule has 32 heavy (non-hydrogen) atoms. The van der Waals surface area contributed by atoms with Gasteiger partial charge in [-0.05, 0) is 35.4 Å². The Morgan fingerprint density at radius 3 is 1.91 bits per heavy atom. The van der Waals surface area contributed by atoms with Gasteiger partial charge < -0.3 is 19.1 Å². The van der Waals surface area contributed by atoms with Crippen molar-refractivity contribution in [1.82, 2.24) is 9.80 Å². The third-order valence-electron chi connectivity index (χ3n) is 5.49. The lowest BCUT2D eigenvalue weighted by atomic mass is 10.1. The van der Waals surface area contributed by atoms with Gasteiger partial charge in [0.05, 0.1) is 33.3 Å². The monoisotopic (exact) mass is 452 g/mol.